The van der Waals surface area contributed by atoms with Gasteiger partial charge in [0, 0.05) is 32.3 Å². The summed E-state index contributed by atoms with van der Waals surface area (Å²) in [6.07, 6.45) is 0.117. The zero-order valence-electron chi connectivity index (χ0n) is 9.77. The highest BCUT2D eigenvalue weighted by atomic mass is 35.5. The Kier molecular flexibility index (Phi) is 5.34. The van der Waals surface area contributed by atoms with E-state index in [-0.39, 0.29) is 11.8 Å². The van der Waals surface area contributed by atoms with Crippen LogP contribution in [0.1, 0.15) is 12.5 Å². The van der Waals surface area contributed by atoms with Gasteiger partial charge in [-0.25, -0.2) is 0 Å². The Labute approximate surface area is 105 Å². The van der Waals surface area contributed by atoms with Crippen molar-refractivity contribution < 1.29 is 9.66 Å². The number of halogens is 1. The molecule has 0 radical (unpaired) electrons. The number of ether oxygens (including phenoxy) is 1. The van der Waals surface area contributed by atoms with Gasteiger partial charge in [-0.05, 0) is 18.6 Å². The predicted octanol–water partition coefficient (Wildman–Crippen LogP) is 2.37. The first-order valence-electron chi connectivity index (χ1n) is 5.21. The molecular weight excluding hydrogens is 244 g/mol. The van der Waals surface area contributed by atoms with Crippen molar-refractivity contribution in [1.29, 1.82) is 0 Å². The van der Waals surface area contributed by atoms with Gasteiger partial charge < -0.3 is 10.1 Å². The monoisotopic (exact) mass is 258 g/mol. The molecule has 0 saturated heterocycles. The van der Waals surface area contributed by atoms with Crippen molar-refractivity contribution in [2.45, 2.75) is 19.6 Å². The van der Waals surface area contributed by atoms with Crippen molar-refractivity contribution in [2.24, 2.45) is 0 Å². The van der Waals surface area contributed by atoms with Gasteiger partial charge in [0.05, 0.1) is 16.0 Å². The molecule has 1 rings (SSSR count). The normalized spacial score (nSPS) is 12.4. The molecule has 17 heavy (non-hydrogen) atoms. The maximum Gasteiger partial charge on any atom is 0.270 e. The molecule has 0 aromatic heterocycles. The van der Waals surface area contributed by atoms with Gasteiger partial charge in [0.1, 0.15) is 0 Å². The van der Waals surface area contributed by atoms with E-state index in [9.17, 15) is 10.1 Å². The van der Waals surface area contributed by atoms with E-state index < -0.39 is 4.92 Å². The molecule has 0 heterocycles. The number of hydrogen-bond donors (Lipinski definition) is 1. The first-order chi connectivity index (χ1) is 8.04. The van der Waals surface area contributed by atoms with E-state index in [4.69, 9.17) is 16.3 Å². The van der Waals surface area contributed by atoms with Gasteiger partial charge in [-0.3, -0.25) is 10.1 Å². The third-order valence-electron chi connectivity index (χ3n) is 2.40. The zero-order valence-corrected chi connectivity index (χ0v) is 10.5. The molecule has 0 aliphatic carbocycles. The lowest BCUT2D eigenvalue weighted by Crippen LogP contribution is -2.25. The first-order valence-corrected chi connectivity index (χ1v) is 5.58. The van der Waals surface area contributed by atoms with Crippen LogP contribution in [0.25, 0.3) is 0 Å². The van der Waals surface area contributed by atoms with Crippen molar-refractivity contribution in [3.8, 4) is 0 Å². The topological polar surface area (TPSA) is 64.4 Å². The highest BCUT2D eigenvalue weighted by Gasteiger charge is 2.09. The van der Waals surface area contributed by atoms with Crippen LogP contribution in [-0.4, -0.2) is 24.7 Å². The second-order valence-electron chi connectivity index (χ2n) is 3.71. The van der Waals surface area contributed by atoms with Crippen molar-refractivity contribution in [3.63, 3.8) is 0 Å². The van der Waals surface area contributed by atoms with Crippen LogP contribution in [0.5, 0.6) is 0 Å². The van der Waals surface area contributed by atoms with E-state index in [2.05, 4.69) is 5.32 Å². The van der Waals surface area contributed by atoms with Crippen LogP contribution in [0.2, 0.25) is 5.02 Å². The summed E-state index contributed by atoms with van der Waals surface area (Å²) in [5.41, 5.74) is 0.838. The largest absolute Gasteiger partial charge is 0.380 e. The van der Waals surface area contributed by atoms with E-state index >= 15 is 0 Å². The molecule has 0 aliphatic rings. The summed E-state index contributed by atoms with van der Waals surface area (Å²) in [6, 6.07) is 4.46. The zero-order chi connectivity index (χ0) is 12.8. The van der Waals surface area contributed by atoms with Gasteiger partial charge in [-0.1, -0.05) is 11.6 Å². The number of hydrogen-bond acceptors (Lipinski definition) is 4. The second kappa shape index (κ2) is 6.54. The standard InChI is InChI=1S/C11H15ClN2O3/c1-8(17-2)6-13-7-9-3-4-10(14(15)16)5-11(9)12/h3-5,8,13H,6-7H2,1-2H3. The highest BCUT2D eigenvalue weighted by Crippen LogP contribution is 2.22. The van der Waals surface area contributed by atoms with E-state index in [1.165, 1.54) is 12.1 Å². The molecule has 1 aromatic carbocycles. The Bertz CT molecular complexity index is 398. The van der Waals surface area contributed by atoms with Crippen LogP contribution >= 0.6 is 11.6 Å². The lowest BCUT2D eigenvalue weighted by molar-refractivity contribution is -0.384. The molecule has 94 valence electrons. The van der Waals surface area contributed by atoms with E-state index in [1.807, 2.05) is 6.92 Å². The van der Waals surface area contributed by atoms with Crippen LogP contribution in [-0.2, 0) is 11.3 Å². The Morgan fingerprint density at radius 2 is 2.29 bits per heavy atom. The number of nitrogens with zero attached hydrogens (tertiary/aromatic N) is 1. The molecule has 0 saturated carbocycles. The number of benzene rings is 1. The molecule has 6 heteroatoms. The fraction of sp³-hybridized carbons (Fsp3) is 0.455. The summed E-state index contributed by atoms with van der Waals surface area (Å²) in [6.45, 7) is 3.21. The third-order valence-corrected chi connectivity index (χ3v) is 2.75. The molecule has 1 N–H and O–H groups in total. The number of rotatable bonds is 6. The molecule has 1 atom stereocenters. The SMILES string of the molecule is COC(C)CNCc1ccc([N+](=O)[O-])cc1Cl. The summed E-state index contributed by atoms with van der Waals surface area (Å²) < 4.78 is 5.08. The summed E-state index contributed by atoms with van der Waals surface area (Å²) in [5, 5.41) is 14.1. The van der Waals surface area contributed by atoms with Gasteiger partial charge in [-0.15, -0.1) is 0 Å². The van der Waals surface area contributed by atoms with Gasteiger partial charge in [0.2, 0.25) is 0 Å². The molecule has 1 unspecified atom stereocenters. The second-order valence-corrected chi connectivity index (χ2v) is 4.12. The van der Waals surface area contributed by atoms with Crippen molar-refractivity contribution in [1.82, 2.24) is 5.32 Å². The number of nitro benzene ring substituents is 1. The van der Waals surface area contributed by atoms with Crippen LogP contribution in [0.4, 0.5) is 5.69 Å². The van der Waals surface area contributed by atoms with Crippen LogP contribution in [0.3, 0.4) is 0 Å². The Morgan fingerprint density at radius 3 is 2.82 bits per heavy atom. The molecule has 5 nitrogen and oxygen atoms in total. The Balaban J connectivity index is 2.57. The molecule has 1 aromatic rings. The van der Waals surface area contributed by atoms with E-state index in [0.717, 1.165) is 5.56 Å². The maximum atomic E-state index is 10.5. The summed E-state index contributed by atoms with van der Waals surface area (Å²) in [5.74, 6) is 0. The van der Waals surface area contributed by atoms with Crippen LogP contribution < -0.4 is 5.32 Å². The molecule has 0 amide bonds. The third kappa shape index (κ3) is 4.30. The Hall–Kier alpha value is -1.17. The summed E-state index contributed by atoms with van der Waals surface area (Å²) in [4.78, 5) is 10.1. The van der Waals surface area contributed by atoms with Gasteiger partial charge in [0.15, 0.2) is 0 Å². The van der Waals surface area contributed by atoms with E-state index in [1.54, 1.807) is 13.2 Å². The number of methoxy groups -OCH3 is 1. The highest BCUT2D eigenvalue weighted by molar-refractivity contribution is 6.31. The minimum atomic E-state index is -0.462. The molecule has 0 fully saturated rings. The van der Waals surface area contributed by atoms with Crippen molar-refractivity contribution in [2.75, 3.05) is 13.7 Å². The minimum absolute atomic E-state index is 0.00371. The minimum Gasteiger partial charge on any atom is -0.380 e. The summed E-state index contributed by atoms with van der Waals surface area (Å²) in [7, 11) is 1.64. The maximum absolute atomic E-state index is 10.5. The van der Waals surface area contributed by atoms with Crippen molar-refractivity contribution in [3.05, 3.63) is 38.9 Å². The van der Waals surface area contributed by atoms with Crippen LogP contribution in [0.15, 0.2) is 18.2 Å². The number of nitro groups is 1. The van der Waals surface area contributed by atoms with Gasteiger partial charge in [0.25, 0.3) is 5.69 Å². The smallest absolute Gasteiger partial charge is 0.270 e. The molecular formula is C11H15ClN2O3. The molecule has 0 bridgehead atoms. The number of non-ortho nitro benzene ring substituents is 1. The van der Waals surface area contributed by atoms with Crippen molar-refractivity contribution >= 4 is 17.3 Å². The molecule has 0 spiro atoms. The lowest BCUT2D eigenvalue weighted by atomic mass is 10.2. The van der Waals surface area contributed by atoms with E-state index in [0.29, 0.717) is 18.1 Å². The Morgan fingerprint density at radius 1 is 1.59 bits per heavy atom. The quantitative estimate of drug-likeness (QED) is 0.628. The molecule has 0 aliphatic heterocycles. The van der Waals surface area contributed by atoms with Crippen LogP contribution in [0, 0.1) is 10.1 Å². The fourth-order valence-corrected chi connectivity index (χ4v) is 1.53. The van der Waals surface area contributed by atoms with Gasteiger partial charge in [-0.2, -0.15) is 0 Å². The average molecular weight is 259 g/mol. The summed E-state index contributed by atoms with van der Waals surface area (Å²) >= 11 is 5.95. The fourth-order valence-electron chi connectivity index (χ4n) is 1.29. The average Bonchev–Trinajstić information content (AvgIpc) is 2.30. The lowest BCUT2D eigenvalue weighted by Gasteiger charge is -2.11. The first kappa shape index (κ1) is 13.9. The van der Waals surface area contributed by atoms with Gasteiger partial charge >= 0.3 is 0 Å². The number of nitrogens with one attached hydrogen (secondary N) is 1. The predicted molar refractivity (Wildman–Crippen MR) is 66.3 cm³/mol.